The minimum Gasteiger partial charge on any atom is -0.383 e. The molecule has 1 aromatic rings. The molecule has 0 aliphatic heterocycles. The zero-order valence-corrected chi connectivity index (χ0v) is 10.6. The van der Waals surface area contributed by atoms with Crippen LogP contribution in [0.15, 0.2) is 0 Å². The summed E-state index contributed by atoms with van der Waals surface area (Å²) < 4.78 is 9.61. The molecule has 1 heterocycles. The number of hydrogen-bond acceptors (Lipinski definition) is 5. The normalized spacial score (nSPS) is 11.0. The van der Waals surface area contributed by atoms with Crippen molar-refractivity contribution in [3.63, 3.8) is 0 Å². The molecule has 0 amide bonds. The smallest absolute Gasteiger partial charge is 0.142 e. The van der Waals surface area contributed by atoms with Crippen LogP contribution < -0.4 is 10.6 Å². The van der Waals surface area contributed by atoms with Crippen molar-refractivity contribution in [2.75, 3.05) is 30.8 Å². The van der Waals surface area contributed by atoms with Crippen molar-refractivity contribution in [3.05, 3.63) is 5.56 Å². The maximum absolute atomic E-state index is 5.70. The summed E-state index contributed by atoms with van der Waals surface area (Å²) >= 11 is 1.44. The largest absolute Gasteiger partial charge is 0.383 e. The summed E-state index contributed by atoms with van der Waals surface area (Å²) in [7, 11) is 2.03. The summed E-state index contributed by atoms with van der Waals surface area (Å²) in [4.78, 5) is 2.13. The number of anilines is 2. The summed E-state index contributed by atoms with van der Waals surface area (Å²) in [5, 5.41) is 1.12. The Kier molecular flexibility index (Phi) is 4.35. The Morgan fingerprint density at radius 3 is 2.67 bits per heavy atom. The molecule has 0 radical (unpaired) electrons. The van der Waals surface area contributed by atoms with E-state index in [2.05, 4.69) is 9.27 Å². The van der Waals surface area contributed by atoms with E-state index in [0.717, 1.165) is 23.7 Å². The first-order valence-electron chi connectivity index (χ1n) is 5.07. The molecular weight excluding hydrogens is 210 g/mol. The second-order valence-corrected chi connectivity index (χ2v) is 4.59. The van der Waals surface area contributed by atoms with E-state index in [0.29, 0.717) is 5.82 Å². The second-order valence-electron chi connectivity index (χ2n) is 3.84. The highest BCUT2D eigenvalue weighted by atomic mass is 32.1. The molecule has 1 aromatic heterocycles. The van der Waals surface area contributed by atoms with Gasteiger partial charge in [0.05, 0.1) is 12.7 Å². The third-order valence-corrected chi connectivity index (χ3v) is 3.24. The van der Waals surface area contributed by atoms with Gasteiger partial charge in [-0.3, -0.25) is 0 Å². The predicted molar refractivity (Wildman–Crippen MR) is 65.6 cm³/mol. The van der Waals surface area contributed by atoms with Gasteiger partial charge in [-0.15, -0.1) is 0 Å². The molecule has 5 heteroatoms. The van der Waals surface area contributed by atoms with Gasteiger partial charge in [0.2, 0.25) is 0 Å². The van der Waals surface area contributed by atoms with Crippen molar-refractivity contribution in [1.29, 1.82) is 0 Å². The van der Waals surface area contributed by atoms with Gasteiger partial charge in [-0.1, -0.05) is 0 Å². The van der Waals surface area contributed by atoms with Crippen LogP contribution in [-0.4, -0.2) is 30.7 Å². The average Bonchev–Trinajstić information content (AvgIpc) is 2.47. The van der Waals surface area contributed by atoms with Crippen molar-refractivity contribution in [1.82, 2.24) is 4.37 Å². The highest BCUT2D eigenvalue weighted by Crippen LogP contribution is 2.28. The summed E-state index contributed by atoms with van der Waals surface area (Å²) in [6, 6.07) is 0. The van der Waals surface area contributed by atoms with E-state index < -0.39 is 0 Å². The molecule has 0 unspecified atom stereocenters. The Hall–Kier alpha value is -0.810. The van der Waals surface area contributed by atoms with E-state index in [9.17, 15) is 0 Å². The summed E-state index contributed by atoms with van der Waals surface area (Å²) in [6.07, 6.45) is 0.283. The highest BCUT2D eigenvalue weighted by Gasteiger charge is 2.10. The lowest BCUT2D eigenvalue weighted by Gasteiger charge is -2.18. The van der Waals surface area contributed by atoms with Gasteiger partial charge in [0, 0.05) is 19.2 Å². The third kappa shape index (κ3) is 3.35. The maximum atomic E-state index is 5.70. The van der Waals surface area contributed by atoms with E-state index in [-0.39, 0.29) is 6.10 Å². The molecule has 4 nitrogen and oxygen atoms in total. The Morgan fingerprint density at radius 1 is 1.53 bits per heavy atom. The lowest BCUT2D eigenvalue weighted by atomic mass is 10.3. The number of ether oxygens (including phenoxy) is 1. The number of likely N-dealkylation sites (N-methyl/N-ethyl adjacent to an activating group) is 1. The summed E-state index contributed by atoms with van der Waals surface area (Å²) in [5.41, 5.74) is 6.76. The van der Waals surface area contributed by atoms with Gasteiger partial charge in [-0.25, -0.2) is 0 Å². The summed E-state index contributed by atoms with van der Waals surface area (Å²) in [6.45, 7) is 7.66. The lowest BCUT2D eigenvalue weighted by Crippen LogP contribution is -2.23. The molecule has 15 heavy (non-hydrogen) atoms. The van der Waals surface area contributed by atoms with Gasteiger partial charge in [-0.05, 0) is 32.3 Å². The molecule has 0 fully saturated rings. The Balaban J connectivity index is 2.47. The molecule has 0 saturated carbocycles. The molecule has 1 rings (SSSR count). The average molecular weight is 229 g/mol. The van der Waals surface area contributed by atoms with Crippen molar-refractivity contribution >= 4 is 22.4 Å². The standard InChI is InChI=1S/C10H19N3OS/c1-7(2)14-6-5-13(4)10-8(3)9(11)12-15-10/h7H,5-6H2,1-4H3,(H2,11,12). The second kappa shape index (κ2) is 5.32. The molecular formula is C10H19N3OS. The number of aromatic nitrogens is 1. The predicted octanol–water partition coefficient (Wildman–Crippen LogP) is 1.89. The van der Waals surface area contributed by atoms with E-state index in [1.807, 2.05) is 27.8 Å². The van der Waals surface area contributed by atoms with E-state index >= 15 is 0 Å². The molecule has 0 spiro atoms. The van der Waals surface area contributed by atoms with Crippen LogP contribution in [0.5, 0.6) is 0 Å². The molecule has 0 bridgehead atoms. The van der Waals surface area contributed by atoms with E-state index in [4.69, 9.17) is 10.5 Å². The number of hydrogen-bond donors (Lipinski definition) is 1. The topological polar surface area (TPSA) is 51.4 Å². The molecule has 0 atom stereocenters. The molecule has 0 aliphatic carbocycles. The van der Waals surface area contributed by atoms with Crippen LogP contribution in [0.4, 0.5) is 10.8 Å². The first-order valence-corrected chi connectivity index (χ1v) is 5.84. The number of nitrogen functional groups attached to an aromatic ring is 1. The molecule has 0 saturated heterocycles. The number of nitrogens with zero attached hydrogens (tertiary/aromatic N) is 2. The number of rotatable bonds is 5. The number of nitrogens with two attached hydrogens (primary N) is 1. The van der Waals surface area contributed by atoms with Crippen LogP contribution in [0.2, 0.25) is 0 Å². The van der Waals surface area contributed by atoms with Gasteiger partial charge in [0.15, 0.2) is 0 Å². The third-order valence-electron chi connectivity index (χ3n) is 2.16. The minimum atomic E-state index is 0.283. The van der Waals surface area contributed by atoms with E-state index in [1.54, 1.807) is 0 Å². The molecule has 0 aromatic carbocycles. The van der Waals surface area contributed by atoms with Crippen LogP contribution in [-0.2, 0) is 4.74 Å². The highest BCUT2D eigenvalue weighted by molar-refractivity contribution is 7.10. The first-order chi connectivity index (χ1) is 7.02. The van der Waals surface area contributed by atoms with Crippen LogP contribution in [0, 0.1) is 6.92 Å². The van der Waals surface area contributed by atoms with Crippen molar-refractivity contribution in [3.8, 4) is 0 Å². The van der Waals surface area contributed by atoms with E-state index in [1.165, 1.54) is 11.5 Å². The molecule has 86 valence electrons. The van der Waals surface area contributed by atoms with Crippen LogP contribution >= 0.6 is 11.5 Å². The fraction of sp³-hybridized carbons (Fsp3) is 0.700. The first kappa shape index (κ1) is 12.3. The van der Waals surface area contributed by atoms with Crippen molar-refractivity contribution in [2.24, 2.45) is 0 Å². The molecule has 0 aliphatic rings. The Bertz CT molecular complexity index is 312. The van der Waals surface area contributed by atoms with Crippen LogP contribution in [0.3, 0.4) is 0 Å². The fourth-order valence-electron chi connectivity index (χ4n) is 1.22. The van der Waals surface area contributed by atoms with Crippen LogP contribution in [0.25, 0.3) is 0 Å². The monoisotopic (exact) mass is 229 g/mol. The Labute approximate surface area is 95.2 Å². The minimum absolute atomic E-state index is 0.283. The van der Waals surface area contributed by atoms with Crippen molar-refractivity contribution in [2.45, 2.75) is 26.9 Å². The fourth-order valence-corrected chi connectivity index (χ4v) is 2.02. The van der Waals surface area contributed by atoms with Crippen molar-refractivity contribution < 1.29 is 4.74 Å². The quantitative estimate of drug-likeness (QED) is 0.837. The van der Waals surface area contributed by atoms with Gasteiger partial charge in [0.1, 0.15) is 10.8 Å². The molecule has 2 N–H and O–H groups in total. The lowest BCUT2D eigenvalue weighted by molar-refractivity contribution is 0.0846. The SMILES string of the molecule is Cc1c(N)nsc1N(C)CCOC(C)C. The zero-order valence-electron chi connectivity index (χ0n) is 9.78. The maximum Gasteiger partial charge on any atom is 0.142 e. The van der Waals surface area contributed by atoms with Gasteiger partial charge in [-0.2, -0.15) is 4.37 Å². The van der Waals surface area contributed by atoms with Gasteiger partial charge in [0.25, 0.3) is 0 Å². The zero-order chi connectivity index (χ0) is 11.4. The van der Waals surface area contributed by atoms with Gasteiger partial charge < -0.3 is 15.4 Å². The Morgan fingerprint density at radius 2 is 2.20 bits per heavy atom. The van der Waals surface area contributed by atoms with Crippen LogP contribution in [0.1, 0.15) is 19.4 Å². The van der Waals surface area contributed by atoms with Gasteiger partial charge >= 0.3 is 0 Å². The summed E-state index contributed by atoms with van der Waals surface area (Å²) in [5.74, 6) is 0.631.